The molecule has 4 rings (SSSR count). The number of carbonyl (C=O) groups is 2. The van der Waals surface area contributed by atoms with Crippen LogP contribution in [0.3, 0.4) is 0 Å². The molecule has 1 aliphatic carbocycles. The number of piperidine rings is 1. The number of aliphatic hydroxyl groups is 1. The Morgan fingerprint density at radius 3 is 2.50 bits per heavy atom. The van der Waals surface area contributed by atoms with Gasteiger partial charge in [-0.3, -0.25) is 4.79 Å². The van der Waals surface area contributed by atoms with E-state index in [4.69, 9.17) is 9.47 Å². The number of carbonyl (C=O) groups excluding carboxylic acids is 2. The fraction of sp³-hybridized carbons (Fsp3) is 0.636. The number of rotatable bonds is 2. The molecule has 1 aromatic carbocycles. The van der Waals surface area contributed by atoms with E-state index in [1.807, 2.05) is 39.0 Å². The maximum atomic E-state index is 13.3. The first kappa shape index (κ1) is 19.2. The molecule has 6 heteroatoms. The van der Waals surface area contributed by atoms with Gasteiger partial charge >= 0.3 is 6.09 Å². The lowest BCUT2D eigenvalue weighted by Gasteiger charge is -2.49. The molecule has 152 valence electrons. The predicted molar refractivity (Wildman–Crippen MR) is 103 cm³/mol. The van der Waals surface area contributed by atoms with Gasteiger partial charge in [-0.25, -0.2) is 4.79 Å². The van der Waals surface area contributed by atoms with Crippen molar-refractivity contribution < 1.29 is 24.2 Å². The summed E-state index contributed by atoms with van der Waals surface area (Å²) in [5, 5.41) is 10.9. The molecule has 2 atom stereocenters. The van der Waals surface area contributed by atoms with Gasteiger partial charge in [-0.15, -0.1) is 0 Å². The Hall–Kier alpha value is -2.08. The van der Waals surface area contributed by atoms with E-state index in [-0.39, 0.29) is 17.8 Å². The van der Waals surface area contributed by atoms with Crippen molar-refractivity contribution in [1.82, 2.24) is 4.90 Å². The molecule has 1 saturated heterocycles. The van der Waals surface area contributed by atoms with Crippen molar-refractivity contribution in [2.75, 3.05) is 13.1 Å². The van der Waals surface area contributed by atoms with E-state index >= 15 is 0 Å². The number of ketones is 1. The Labute approximate surface area is 165 Å². The molecule has 0 aromatic heterocycles. The van der Waals surface area contributed by atoms with Crippen LogP contribution in [0.4, 0.5) is 4.79 Å². The number of fused-ring (bicyclic) bond motifs is 1. The number of nitrogens with zero attached hydrogens (tertiary/aromatic N) is 1. The van der Waals surface area contributed by atoms with Crippen LogP contribution in [0.5, 0.6) is 5.75 Å². The van der Waals surface area contributed by atoms with E-state index in [2.05, 4.69) is 0 Å². The molecule has 2 fully saturated rings. The summed E-state index contributed by atoms with van der Waals surface area (Å²) >= 11 is 0. The highest BCUT2D eigenvalue weighted by Crippen LogP contribution is 2.48. The monoisotopic (exact) mass is 387 g/mol. The summed E-state index contributed by atoms with van der Waals surface area (Å²) in [4.78, 5) is 27.4. The Balaban J connectivity index is 1.58. The smallest absolute Gasteiger partial charge is 0.410 e. The summed E-state index contributed by atoms with van der Waals surface area (Å²) in [6, 6.07) is 7.26. The molecule has 1 aromatic rings. The van der Waals surface area contributed by atoms with Crippen LogP contribution in [0.25, 0.3) is 0 Å². The largest absolute Gasteiger partial charge is 0.486 e. The van der Waals surface area contributed by atoms with Crippen molar-refractivity contribution in [2.24, 2.45) is 11.8 Å². The number of Topliss-reactive ketones (excluding diaryl/α,β-unsaturated/α-hetero) is 1. The normalized spacial score (nSPS) is 25.1. The maximum absolute atomic E-state index is 13.3. The molecule has 1 amide bonds. The fourth-order valence-electron chi connectivity index (χ4n) is 4.43. The first-order valence-corrected chi connectivity index (χ1v) is 10.2. The van der Waals surface area contributed by atoms with E-state index in [9.17, 15) is 14.7 Å². The molecule has 2 heterocycles. The number of benzene rings is 1. The number of para-hydroxylation sites is 1. The Kier molecular flexibility index (Phi) is 4.65. The summed E-state index contributed by atoms with van der Waals surface area (Å²) < 4.78 is 11.9. The summed E-state index contributed by atoms with van der Waals surface area (Å²) in [7, 11) is 0. The zero-order valence-corrected chi connectivity index (χ0v) is 16.8. The van der Waals surface area contributed by atoms with E-state index in [0.717, 1.165) is 12.8 Å². The highest BCUT2D eigenvalue weighted by atomic mass is 16.6. The lowest BCUT2D eigenvalue weighted by molar-refractivity contribution is -0.0841. The van der Waals surface area contributed by atoms with Crippen molar-refractivity contribution in [2.45, 2.75) is 63.8 Å². The van der Waals surface area contributed by atoms with Crippen molar-refractivity contribution in [3.63, 3.8) is 0 Å². The van der Waals surface area contributed by atoms with Gasteiger partial charge in [0.15, 0.2) is 5.78 Å². The molecule has 2 unspecified atom stereocenters. The van der Waals surface area contributed by atoms with Crippen LogP contribution in [0.15, 0.2) is 24.3 Å². The number of amides is 1. The van der Waals surface area contributed by atoms with Crippen molar-refractivity contribution in [3.8, 4) is 5.75 Å². The quantitative estimate of drug-likeness (QED) is 0.841. The summed E-state index contributed by atoms with van der Waals surface area (Å²) in [6.07, 6.45) is 1.86. The van der Waals surface area contributed by atoms with Gasteiger partial charge in [-0.05, 0) is 51.7 Å². The Morgan fingerprint density at radius 2 is 1.89 bits per heavy atom. The molecule has 6 nitrogen and oxygen atoms in total. The summed E-state index contributed by atoms with van der Waals surface area (Å²) in [5.74, 6) is 0.128. The summed E-state index contributed by atoms with van der Waals surface area (Å²) in [6.45, 7) is 6.42. The Bertz CT molecular complexity index is 771. The number of hydrogen-bond acceptors (Lipinski definition) is 5. The number of aliphatic hydroxyl groups excluding tert-OH is 1. The number of likely N-dealkylation sites (tertiary alicyclic amines) is 1. The molecule has 2 aliphatic heterocycles. The van der Waals surface area contributed by atoms with Crippen LogP contribution in [0.2, 0.25) is 0 Å². The van der Waals surface area contributed by atoms with Gasteiger partial charge in [-0.2, -0.15) is 0 Å². The fourth-order valence-corrected chi connectivity index (χ4v) is 4.43. The maximum Gasteiger partial charge on any atom is 0.410 e. The van der Waals surface area contributed by atoms with Gasteiger partial charge in [0, 0.05) is 25.9 Å². The van der Waals surface area contributed by atoms with Crippen LogP contribution >= 0.6 is 0 Å². The van der Waals surface area contributed by atoms with E-state index in [1.54, 1.807) is 11.0 Å². The van der Waals surface area contributed by atoms with Crippen molar-refractivity contribution in [1.29, 1.82) is 0 Å². The minimum absolute atomic E-state index is 0.0352. The second-order valence-electron chi connectivity index (χ2n) is 9.30. The molecule has 1 saturated carbocycles. The Morgan fingerprint density at radius 1 is 1.25 bits per heavy atom. The molecular formula is C22H29NO5. The molecular weight excluding hydrogens is 358 g/mol. The minimum Gasteiger partial charge on any atom is -0.486 e. The third-order valence-electron chi connectivity index (χ3n) is 6.02. The van der Waals surface area contributed by atoms with Crippen molar-refractivity contribution >= 4 is 11.9 Å². The molecule has 1 N–H and O–H groups in total. The van der Waals surface area contributed by atoms with Crippen LogP contribution < -0.4 is 4.74 Å². The zero-order chi connectivity index (χ0) is 20.1. The minimum atomic E-state index is -0.772. The van der Waals surface area contributed by atoms with Crippen molar-refractivity contribution in [3.05, 3.63) is 29.8 Å². The highest BCUT2D eigenvalue weighted by Gasteiger charge is 2.56. The van der Waals surface area contributed by atoms with E-state index < -0.39 is 23.2 Å². The average molecular weight is 387 g/mol. The lowest BCUT2D eigenvalue weighted by Crippen LogP contribution is -2.61. The van der Waals surface area contributed by atoms with E-state index in [0.29, 0.717) is 37.2 Å². The zero-order valence-electron chi connectivity index (χ0n) is 16.8. The van der Waals surface area contributed by atoms with E-state index in [1.165, 1.54) is 0 Å². The second kappa shape index (κ2) is 6.76. The van der Waals surface area contributed by atoms with Gasteiger partial charge in [0.2, 0.25) is 0 Å². The first-order valence-electron chi connectivity index (χ1n) is 10.2. The molecule has 0 bridgehead atoms. The predicted octanol–water partition coefficient (Wildman–Crippen LogP) is 3.42. The average Bonchev–Trinajstić information content (AvgIpc) is 3.46. The van der Waals surface area contributed by atoms with Crippen LogP contribution in [-0.2, 0) is 4.74 Å². The lowest BCUT2D eigenvalue weighted by atomic mass is 9.70. The topological polar surface area (TPSA) is 76.1 Å². The summed E-state index contributed by atoms with van der Waals surface area (Å²) in [5.41, 5.74) is -0.772. The highest BCUT2D eigenvalue weighted by molar-refractivity contribution is 6.02. The standard InChI is InChI=1S/C22H29NO5/c1-21(2,3)28-20(26)23-12-10-22(11-13-23)17(18(24)14-8-9-14)19(25)15-6-4-5-7-16(15)27-22/h4-7,14,17-18,24H,8-13H2,1-3H3. The second-order valence-corrected chi connectivity index (χ2v) is 9.30. The van der Waals surface area contributed by atoms with Gasteiger partial charge in [0.05, 0.1) is 17.6 Å². The van der Waals surface area contributed by atoms with Crippen LogP contribution in [0.1, 0.15) is 56.8 Å². The van der Waals surface area contributed by atoms with Crippen LogP contribution in [0, 0.1) is 11.8 Å². The molecule has 3 aliphatic rings. The van der Waals surface area contributed by atoms with Gasteiger partial charge in [0.25, 0.3) is 0 Å². The number of hydrogen-bond donors (Lipinski definition) is 1. The van der Waals surface area contributed by atoms with Gasteiger partial charge in [-0.1, -0.05) is 12.1 Å². The third kappa shape index (κ3) is 3.50. The van der Waals surface area contributed by atoms with Crippen LogP contribution in [-0.4, -0.2) is 52.3 Å². The molecule has 1 spiro atoms. The third-order valence-corrected chi connectivity index (χ3v) is 6.02. The molecule has 0 radical (unpaired) electrons. The SMILES string of the molecule is CC(C)(C)OC(=O)N1CCC2(CC1)Oc1ccccc1C(=O)C2C(O)C1CC1. The van der Waals surface area contributed by atoms with Gasteiger partial charge in [0.1, 0.15) is 17.0 Å². The number of ether oxygens (including phenoxy) is 2. The molecule has 28 heavy (non-hydrogen) atoms. The van der Waals surface area contributed by atoms with Gasteiger partial charge < -0.3 is 19.5 Å². The first-order chi connectivity index (χ1) is 13.2.